The standard InChI is InChI=1S/C9H11NO4/c1-5-2-3-6(7(11)12)4-9(5,10)8(13)14/h2-3H,4,10H2,1H3,(H,11,12)(H,13,14). The number of aliphatic carboxylic acids is 2. The molecular weight excluding hydrogens is 186 g/mol. The van der Waals surface area contributed by atoms with Crippen LogP contribution in [0.2, 0.25) is 0 Å². The molecular formula is C9H11NO4. The maximum atomic E-state index is 10.9. The fourth-order valence-corrected chi connectivity index (χ4v) is 1.26. The van der Waals surface area contributed by atoms with Crippen molar-refractivity contribution in [1.29, 1.82) is 0 Å². The second kappa shape index (κ2) is 3.26. The zero-order valence-corrected chi connectivity index (χ0v) is 7.65. The summed E-state index contributed by atoms with van der Waals surface area (Å²) in [5.41, 5.74) is 4.49. The lowest BCUT2D eigenvalue weighted by Gasteiger charge is -2.28. The van der Waals surface area contributed by atoms with Gasteiger partial charge in [0.25, 0.3) is 0 Å². The maximum absolute atomic E-state index is 10.9. The zero-order chi connectivity index (χ0) is 10.9. The summed E-state index contributed by atoms with van der Waals surface area (Å²) in [5.74, 6) is -2.34. The molecule has 0 saturated carbocycles. The molecule has 1 aliphatic carbocycles. The normalized spacial score (nSPS) is 26.4. The van der Waals surface area contributed by atoms with Crippen molar-refractivity contribution in [2.45, 2.75) is 18.9 Å². The molecule has 4 N–H and O–H groups in total. The number of carboxylic acids is 2. The van der Waals surface area contributed by atoms with E-state index in [9.17, 15) is 9.59 Å². The third kappa shape index (κ3) is 1.54. The van der Waals surface area contributed by atoms with Crippen molar-refractivity contribution in [3.8, 4) is 0 Å². The summed E-state index contributed by atoms with van der Waals surface area (Å²) in [7, 11) is 0. The molecule has 1 unspecified atom stereocenters. The molecule has 1 atom stereocenters. The van der Waals surface area contributed by atoms with Gasteiger partial charge in [-0.05, 0) is 12.5 Å². The average Bonchev–Trinajstić information content (AvgIpc) is 2.09. The van der Waals surface area contributed by atoms with E-state index < -0.39 is 17.5 Å². The monoisotopic (exact) mass is 197 g/mol. The smallest absolute Gasteiger partial charge is 0.331 e. The van der Waals surface area contributed by atoms with Crippen molar-refractivity contribution < 1.29 is 19.8 Å². The summed E-state index contributed by atoms with van der Waals surface area (Å²) in [6.45, 7) is 1.57. The summed E-state index contributed by atoms with van der Waals surface area (Å²) < 4.78 is 0. The molecule has 0 aromatic rings. The van der Waals surface area contributed by atoms with Crippen molar-refractivity contribution in [3.05, 3.63) is 23.3 Å². The lowest BCUT2D eigenvalue weighted by molar-refractivity contribution is -0.142. The Hall–Kier alpha value is -1.62. The van der Waals surface area contributed by atoms with Gasteiger partial charge >= 0.3 is 11.9 Å². The lowest BCUT2D eigenvalue weighted by atomic mass is 9.81. The van der Waals surface area contributed by atoms with Gasteiger partial charge in [0.15, 0.2) is 0 Å². The Morgan fingerprint density at radius 3 is 2.43 bits per heavy atom. The summed E-state index contributed by atoms with van der Waals surface area (Å²) in [6, 6.07) is 0. The Labute approximate surface area is 80.5 Å². The van der Waals surface area contributed by atoms with Gasteiger partial charge in [-0.3, -0.25) is 0 Å². The highest BCUT2D eigenvalue weighted by Gasteiger charge is 2.39. The molecule has 0 aromatic carbocycles. The Morgan fingerprint density at radius 1 is 1.43 bits per heavy atom. The van der Waals surface area contributed by atoms with Crippen molar-refractivity contribution in [1.82, 2.24) is 0 Å². The number of nitrogens with two attached hydrogens (primary N) is 1. The summed E-state index contributed by atoms with van der Waals surface area (Å²) in [6.07, 6.45) is 2.63. The molecule has 0 spiro atoms. The van der Waals surface area contributed by atoms with Gasteiger partial charge in [0.05, 0.1) is 0 Å². The minimum Gasteiger partial charge on any atom is -0.480 e. The Balaban J connectivity index is 3.09. The van der Waals surface area contributed by atoms with Crippen molar-refractivity contribution in [3.63, 3.8) is 0 Å². The third-order valence-electron chi connectivity index (χ3n) is 2.36. The van der Waals surface area contributed by atoms with Crippen LogP contribution >= 0.6 is 0 Å². The highest BCUT2D eigenvalue weighted by atomic mass is 16.4. The van der Waals surface area contributed by atoms with Gasteiger partial charge in [0.1, 0.15) is 5.54 Å². The second-order valence-corrected chi connectivity index (χ2v) is 3.30. The average molecular weight is 197 g/mol. The van der Waals surface area contributed by atoms with E-state index in [4.69, 9.17) is 15.9 Å². The van der Waals surface area contributed by atoms with Crippen LogP contribution in [0.4, 0.5) is 0 Å². The van der Waals surface area contributed by atoms with Gasteiger partial charge in [-0.25, -0.2) is 9.59 Å². The van der Waals surface area contributed by atoms with E-state index >= 15 is 0 Å². The molecule has 0 bridgehead atoms. The van der Waals surface area contributed by atoms with E-state index in [0.29, 0.717) is 5.57 Å². The topological polar surface area (TPSA) is 101 Å². The molecule has 14 heavy (non-hydrogen) atoms. The summed E-state index contributed by atoms with van der Waals surface area (Å²) in [5, 5.41) is 17.6. The first-order valence-corrected chi connectivity index (χ1v) is 4.01. The van der Waals surface area contributed by atoms with Crippen LogP contribution in [-0.4, -0.2) is 27.7 Å². The first kappa shape index (κ1) is 10.5. The SMILES string of the molecule is CC1=CC=C(C(=O)O)CC1(N)C(=O)O. The molecule has 0 saturated heterocycles. The quantitative estimate of drug-likeness (QED) is 0.584. The van der Waals surface area contributed by atoms with E-state index in [2.05, 4.69) is 0 Å². The molecule has 76 valence electrons. The molecule has 0 fully saturated rings. The first-order chi connectivity index (χ1) is 6.38. The number of carbonyl (C=O) groups is 2. The Morgan fingerprint density at radius 2 is 2.00 bits per heavy atom. The number of rotatable bonds is 2. The van der Waals surface area contributed by atoms with Crippen molar-refractivity contribution >= 4 is 11.9 Å². The summed E-state index contributed by atoms with van der Waals surface area (Å²) >= 11 is 0. The van der Waals surface area contributed by atoms with Crippen LogP contribution in [0.25, 0.3) is 0 Å². The van der Waals surface area contributed by atoms with E-state index in [0.717, 1.165) is 0 Å². The fraction of sp³-hybridized carbons (Fsp3) is 0.333. The molecule has 0 aromatic heterocycles. The lowest BCUT2D eigenvalue weighted by Crippen LogP contribution is -2.50. The van der Waals surface area contributed by atoms with Gasteiger partial charge in [0.2, 0.25) is 0 Å². The maximum Gasteiger partial charge on any atom is 0.331 e. The highest BCUT2D eigenvalue weighted by molar-refractivity contribution is 5.92. The van der Waals surface area contributed by atoms with Gasteiger partial charge in [-0.15, -0.1) is 0 Å². The van der Waals surface area contributed by atoms with Crippen LogP contribution in [0.1, 0.15) is 13.3 Å². The van der Waals surface area contributed by atoms with Crippen LogP contribution in [0.15, 0.2) is 23.3 Å². The molecule has 1 aliphatic rings. The Bertz CT molecular complexity index is 356. The van der Waals surface area contributed by atoms with Crippen LogP contribution in [0.3, 0.4) is 0 Å². The third-order valence-corrected chi connectivity index (χ3v) is 2.36. The van der Waals surface area contributed by atoms with Crippen LogP contribution in [-0.2, 0) is 9.59 Å². The van der Waals surface area contributed by atoms with E-state index in [1.165, 1.54) is 12.2 Å². The van der Waals surface area contributed by atoms with Crippen LogP contribution in [0.5, 0.6) is 0 Å². The molecule has 5 nitrogen and oxygen atoms in total. The molecule has 0 heterocycles. The summed E-state index contributed by atoms with van der Waals surface area (Å²) in [4.78, 5) is 21.5. The first-order valence-electron chi connectivity index (χ1n) is 4.01. The highest BCUT2D eigenvalue weighted by Crippen LogP contribution is 2.27. The second-order valence-electron chi connectivity index (χ2n) is 3.30. The van der Waals surface area contributed by atoms with Crippen LogP contribution in [0, 0.1) is 0 Å². The van der Waals surface area contributed by atoms with E-state index in [1.807, 2.05) is 0 Å². The molecule has 5 heteroatoms. The molecule has 0 aliphatic heterocycles. The molecule has 0 radical (unpaired) electrons. The van der Waals surface area contributed by atoms with E-state index in [-0.39, 0.29) is 12.0 Å². The minimum atomic E-state index is -1.58. The predicted molar refractivity (Wildman–Crippen MR) is 48.6 cm³/mol. The van der Waals surface area contributed by atoms with Gasteiger partial charge in [-0.2, -0.15) is 0 Å². The number of allylic oxidation sites excluding steroid dienone is 2. The van der Waals surface area contributed by atoms with Gasteiger partial charge < -0.3 is 15.9 Å². The zero-order valence-electron chi connectivity index (χ0n) is 7.65. The number of hydrogen-bond acceptors (Lipinski definition) is 3. The largest absolute Gasteiger partial charge is 0.480 e. The molecule has 1 rings (SSSR count). The van der Waals surface area contributed by atoms with Crippen LogP contribution < -0.4 is 5.73 Å². The van der Waals surface area contributed by atoms with Crippen molar-refractivity contribution in [2.75, 3.05) is 0 Å². The van der Waals surface area contributed by atoms with Gasteiger partial charge in [-0.1, -0.05) is 12.2 Å². The minimum absolute atomic E-state index is 0.0144. The van der Waals surface area contributed by atoms with E-state index in [1.54, 1.807) is 6.92 Å². The van der Waals surface area contributed by atoms with Gasteiger partial charge in [0, 0.05) is 12.0 Å². The molecule has 0 amide bonds. The Kier molecular flexibility index (Phi) is 2.44. The fourth-order valence-electron chi connectivity index (χ4n) is 1.26. The number of hydrogen-bond donors (Lipinski definition) is 3. The number of carboxylic acid groups (broad SMARTS) is 2. The predicted octanol–water partition coefficient (Wildman–Crippen LogP) is 0.130. The van der Waals surface area contributed by atoms with Crippen molar-refractivity contribution in [2.24, 2.45) is 5.73 Å².